The smallest absolute Gasteiger partial charge is 0.254 e. The molecule has 0 atom stereocenters. The summed E-state index contributed by atoms with van der Waals surface area (Å²) in [4.78, 5) is 19.6. The Morgan fingerprint density at radius 1 is 1.13 bits per heavy atom. The molecule has 0 aliphatic heterocycles. The van der Waals surface area contributed by atoms with Gasteiger partial charge in [0.25, 0.3) is 5.91 Å². The highest BCUT2D eigenvalue weighted by molar-refractivity contribution is 5.94. The zero-order valence-corrected chi connectivity index (χ0v) is 18.8. The summed E-state index contributed by atoms with van der Waals surface area (Å²) in [5.74, 6) is 1.52. The van der Waals surface area contributed by atoms with Gasteiger partial charge < -0.3 is 14.2 Å². The minimum Gasteiger partial charge on any atom is -0.497 e. The first-order chi connectivity index (χ1) is 14.3. The number of ether oxygens (including phenoxy) is 1. The van der Waals surface area contributed by atoms with E-state index < -0.39 is 0 Å². The third-order valence-electron chi connectivity index (χ3n) is 5.48. The summed E-state index contributed by atoms with van der Waals surface area (Å²) in [5, 5.41) is 0. The van der Waals surface area contributed by atoms with E-state index in [2.05, 4.69) is 42.5 Å². The van der Waals surface area contributed by atoms with Gasteiger partial charge in [0.05, 0.1) is 13.7 Å². The van der Waals surface area contributed by atoms with Crippen LogP contribution in [0.15, 0.2) is 48.8 Å². The highest BCUT2D eigenvalue weighted by Gasteiger charge is 2.22. The SMILES string of the molecule is COc1cccc(C(=O)N(Cc2nccn2Cc2c(C)cc(C)cc2C)C(C)C)c1. The summed E-state index contributed by atoms with van der Waals surface area (Å²) in [5.41, 5.74) is 5.75. The van der Waals surface area contributed by atoms with Crippen LogP contribution in [0.4, 0.5) is 0 Å². The summed E-state index contributed by atoms with van der Waals surface area (Å²) >= 11 is 0. The van der Waals surface area contributed by atoms with Crippen LogP contribution in [-0.4, -0.2) is 33.5 Å². The van der Waals surface area contributed by atoms with Gasteiger partial charge in [-0.2, -0.15) is 0 Å². The Bertz CT molecular complexity index is 1010. The van der Waals surface area contributed by atoms with Crippen LogP contribution in [0, 0.1) is 20.8 Å². The molecule has 1 heterocycles. The summed E-state index contributed by atoms with van der Waals surface area (Å²) in [6, 6.07) is 11.8. The lowest BCUT2D eigenvalue weighted by atomic mass is 10.00. The van der Waals surface area contributed by atoms with Crippen LogP contribution < -0.4 is 4.74 Å². The van der Waals surface area contributed by atoms with Crippen LogP contribution >= 0.6 is 0 Å². The molecule has 1 amide bonds. The number of carbonyl (C=O) groups excluding carboxylic acids is 1. The average Bonchev–Trinajstić information content (AvgIpc) is 3.15. The molecule has 0 unspecified atom stereocenters. The molecule has 0 saturated heterocycles. The van der Waals surface area contributed by atoms with Crippen LogP contribution in [0.25, 0.3) is 0 Å². The standard InChI is InChI=1S/C25H31N3O2/c1-17(2)28(25(29)21-8-7-9-22(14-21)30-6)16-24-26-10-11-27(24)15-23-19(4)12-18(3)13-20(23)5/h7-14,17H,15-16H2,1-6H3. The zero-order valence-electron chi connectivity index (χ0n) is 18.8. The highest BCUT2D eigenvalue weighted by Crippen LogP contribution is 2.20. The second-order valence-corrected chi connectivity index (χ2v) is 8.11. The molecule has 158 valence electrons. The fraction of sp³-hybridized carbons (Fsp3) is 0.360. The van der Waals surface area contributed by atoms with Crippen LogP contribution in [-0.2, 0) is 13.1 Å². The number of aromatic nitrogens is 2. The van der Waals surface area contributed by atoms with Gasteiger partial charge in [0.1, 0.15) is 11.6 Å². The van der Waals surface area contributed by atoms with Gasteiger partial charge in [-0.1, -0.05) is 23.8 Å². The molecule has 0 aliphatic rings. The average molecular weight is 406 g/mol. The maximum Gasteiger partial charge on any atom is 0.254 e. The first-order valence-electron chi connectivity index (χ1n) is 10.3. The van der Waals surface area contributed by atoms with Gasteiger partial charge in [0.15, 0.2) is 0 Å². The van der Waals surface area contributed by atoms with Crippen LogP contribution in [0.1, 0.15) is 52.3 Å². The third kappa shape index (κ3) is 4.73. The monoisotopic (exact) mass is 405 g/mol. The lowest BCUT2D eigenvalue weighted by Gasteiger charge is -2.27. The molecule has 2 aromatic carbocycles. The van der Waals surface area contributed by atoms with Crippen molar-refractivity contribution in [1.29, 1.82) is 0 Å². The predicted octanol–water partition coefficient (Wildman–Crippen LogP) is 4.92. The molecule has 3 aromatic rings. The Hall–Kier alpha value is -3.08. The van der Waals surface area contributed by atoms with Crippen molar-refractivity contribution in [3.8, 4) is 5.75 Å². The van der Waals surface area contributed by atoms with E-state index in [0.717, 1.165) is 12.4 Å². The molecule has 0 spiro atoms. The number of nitrogens with zero attached hydrogens (tertiary/aromatic N) is 3. The summed E-state index contributed by atoms with van der Waals surface area (Å²) in [7, 11) is 1.61. The zero-order chi connectivity index (χ0) is 21.8. The van der Waals surface area contributed by atoms with E-state index in [9.17, 15) is 4.79 Å². The van der Waals surface area contributed by atoms with E-state index in [-0.39, 0.29) is 11.9 Å². The van der Waals surface area contributed by atoms with Crippen LogP contribution in [0.5, 0.6) is 5.75 Å². The van der Waals surface area contributed by atoms with Gasteiger partial charge in [-0.3, -0.25) is 4.79 Å². The summed E-state index contributed by atoms with van der Waals surface area (Å²) < 4.78 is 7.42. The minimum atomic E-state index is -0.0267. The van der Waals surface area contributed by atoms with Gasteiger partial charge >= 0.3 is 0 Å². The molecule has 5 nitrogen and oxygen atoms in total. The van der Waals surface area contributed by atoms with Crippen molar-refractivity contribution < 1.29 is 9.53 Å². The fourth-order valence-electron chi connectivity index (χ4n) is 3.83. The quantitative estimate of drug-likeness (QED) is 0.561. The number of methoxy groups -OCH3 is 1. The number of benzene rings is 2. The number of hydrogen-bond acceptors (Lipinski definition) is 3. The molecule has 0 saturated carbocycles. The normalized spacial score (nSPS) is 11.0. The highest BCUT2D eigenvalue weighted by atomic mass is 16.5. The second-order valence-electron chi connectivity index (χ2n) is 8.11. The molecule has 30 heavy (non-hydrogen) atoms. The number of amides is 1. The van der Waals surface area contributed by atoms with Crippen LogP contribution in [0.3, 0.4) is 0 Å². The van der Waals surface area contributed by atoms with Crippen molar-refractivity contribution in [3.63, 3.8) is 0 Å². The molecular formula is C25H31N3O2. The third-order valence-corrected chi connectivity index (χ3v) is 5.48. The number of aryl methyl sites for hydroxylation is 3. The Morgan fingerprint density at radius 2 is 1.83 bits per heavy atom. The largest absolute Gasteiger partial charge is 0.497 e. The van der Waals surface area contributed by atoms with Crippen molar-refractivity contribution in [2.24, 2.45) is 0 Å². The lowest BCUT2D eigenvalue weighted by Crippen LogP contribution is -2.37. The minimum absolute atomic E-state index is 0.0267. The Morgan fingerprint density at radius 3 is 2.47 bits per heavy atom. The first kappa shape index (κ1) is 21.6. The number of carbonyl (C=O) groups is 1. The predicted molar refractivity (Wildman–Crippen MR) is 120 cm³/mol. The summed E-state index contributed by atoms with van der Waals surface area (Å²) in [6.45, 7) is 11.7. The maximum atomic E-state index is 13.2. The van der Waals surface area contributed by atoms with Crippen molar-refractivity contribution in [2.75, 3.05) is 7.11 Å². The van der Waals surface area contributed by atoms with E-state index in [1.165, 1.54) is 22.3 Å². The van der Waals surface area contributed by atoms with Gasteiger partial charge in [-0.05, 0) is 69.5 Å². The fourth-order valence-corrected chi connectivity index (χ4v) is 3.83. The molecule has 3 rings (SSSR count). The molecular weight excluding hydrogens is 374 g/mol. The second kappa shape index (κ2) is 9.16. The number of rotatable bonds is 7. The molecule has 5 heteroatoms. The first-order valence-corrected chi connectivity index (χ1v) is 10.3. The molecule has 0 radical (unpaired) electrons. The molecule has 0 bridgehead atoms. The topological polar surface area (TPSA) is 47.4 Å². The van der Waals surface area contributed by atoms with E-state index in [4.69, 9.17) is 4.74 Å². The van der Waals surface area contributed by atoms with Gasteiger partial charge in [-0.15, -0.1) is 0 Å². The van der Waals surface area contributed by atoms with E-state index >= 15 is 0 Å². The Kier molecular flexibility index (Phi) is 6.60. The molecule has 0 N–H and O–H groups in total. The van der Waals surface area contributed by atoms with Crippen molar-refractivity contribution in [1.82, 2.24) is 14.5 Å². The van der Waals surface area contributed by atoms with E-state index in [0.29, 0.717) is 17.9 Å². The van der Waals surface area contributed by atoms with E-state index in [1.807, 2.05) is 49.3 Å². The Labute approximate surface area is 179 Å². The van der Waals surface area contributed by atoms with Crippen LogP contribution in [0.2, 0.25) is 0 Å². The molecule has 1 aromatic heterocycles. The lowest BCUT2D eigenvalue weighted by molar-refractivity contribution is 0.0682. The van der Waals surface area contributed by atoms with Gasteiger partial charge in [0, 0.05) is 30.5 Å². The van der Waals surface area contributed by atoms with Gasteiger partial charge in [0.2, 0.25) is 0 Å². The Balaban J connectivity index is 1.86. The summed E-state index contributed by atoms with van der Waals surface area (Å²) in [6.07, 6.45) is 3.80. The van der Waals surface area contributed by atoms with Crippen molar-refractivity contribution in [3.05, 3.63) is 82.4 Å². The molecule has 0 aliphatic carbocycles. The van der Waals surface area contributed by atoms with E-state index in [1.54, 1.807) is 13.2 Å². The van der Waals surface area contributed by atoms with Crippen molar-refractivity contribution in [2.45, 2.75) is 53.8 Å². The molecule has 0 fully saturated rings. The van der Waals surface area contributed by atoms with Gasteiger partial charge in [-0.25, -0.2) is 4.98 Å². The maximum absolute atomic E-state index is 13.2. The number of imidazole rings is 1. The number of hydrogen-bond donors (Lipinski definition) is 0. The van der Waals surface area contributed by atoms with Crippen molar-refractivity contribution >= 4 is 5.91 Å².